The van der Waals surface area contributed by atoms with Crippen molar-refractivity contribution in [3.8, 4) is 0 Å². The van der Waals surface area contributed by atoms with Crippen LogP contribution in [0.4, 0.5) is 4.79 Å². The van der Waals surface area contributed by atoms with Gasteiger partial charge in [0.25, 0.3) is 0 Å². The maximum atomic E-state index is 11.5. The van der Waals surface area contributed by atoms with Crippen molar-refractivity contribution in [1.29, 1.82) is 0 Å². The smallest absolute Gasteiger partial charge is 0.339 e. The summed E-state index contributed by atoms with van der Waals surface area (Å²) in [7, 11) is 0. The zero-order valence-corrected chi connectivity index (χ0v) is 10.7. The van der Waals surface area contributed by atoms with Gasteiger partial charge in [0.05, 0.1) is 19.3 Å². The minimum atomic E-state index is -1.06. The van der Waals surface area contributed by atoms with Crippen LogP contribution in [0, 0.1) is 6.92 Å². The summed E-state index contributed by atoms with van der Waals surface area (Å²) in [6.45, 7) is 1.86. The maximum absolute atomic E-state index is 11.5. The zero-order chi connectivity index (χ0) is 14.5. The van der Waals surface area contributed by atoms with E-state index in [1.165, 1.54) is 12.3 Å². The Morgan fingerprint density at radius 1 is 1.30 bits per heavy atom. The van der Waals surface area contributed by atoms with Gasteiger partial charge in [-0.1, -0.05) is 5.16 Å². The van der Waals surface area contributed by atoms with Crippen LogP contribution in [0.2, 0.25) is 0 Å². The molecule has 2 aromatic heterocycles. The first-order valence-electron chi connectivity index (χ1n) is 5.80. The average Bonchev–Trinajstić information content (AvgIpc) is 3.03. The SMILES string of the molecule is Cc1oc(CNC(=O)NCc2ccno2)cc1C(=O)O. The Balaban J connectivity index is 1.81. The van der Waals surface area contributed by atoms with Crippen molar-refractivity contribution >= 4 is 12.0 Å². The number of carboxylic acid groups (broad SMARTS) is 1. The van der Waals surface area contributed by atoms with Gasteiger partial charge in [-0.15, -0.1) is 0 Å². The van der Waals surface area contributed by atoms with Gasteiger partial charge >= 0.3 is 12.0 Å². The fraction of sp³-hybridized carbons (Fsp3) is 0.250. The molecule has 0 saturated carbocycles. The van der Waals surface area contributed by atoms with Crippen molar-refractivity contribution in [1.82, 2.24) is 15.8 Å². The molecule has 0 spiro atoms. The number of urea groups is 1. The van der Waals surface area contributed by atoms with E-state index in [1.807, 2.05) is 0 Å². The van der Waals surface area contributed by atoms with E-state index in [2.05, 4.69) is 15.8 Å². The van der Waals surface area contributed by atoms with Gasteiger partial charge < -0.3 is 24.7 Å². The topological polar surface area (TPSA) is 118 Å². The molecule has 0 aliphatic carbocycles. The molecule has 2 amide bonds. The summed E-state index contributed by atoms with van der Waals surface area (Å²) >= 11 is 0. The Morgan fingerprint density at radius 2 is 2.00 bits per heavy atom. The van der Waals surface area contributed by atoms with Crippen LogP contribution in [0.1, 0.15) is 27.6 Å². The summed E-state index contributed by atoms with van der Waals surface area (Å²) in [4.78, 5) is 22.3. The molecule has 0 bridgehead atoms. The Morgan fingerprint density at radius 3 is 2.55 bits per heavy atom. The highest BCUT2D eigenvalue weighted by Crippen LogP contribution is 2.14. The molecule has 106 valence electrons. The maximum Gasteiger partial charge on any atom is 0.339 e. The predicted octanol–water partition coefficient (Wildman–Crippen LogP) is 1.27. The minimum Gasteiger partial charge on any atom is -0.478 e. The number of amides is 2. The largest absolute Gasteiger partial charge is 0.478 e. The number of hydrogen-bond donors (Lipinski definition) is 3. The molecule has 0 radical (unpaired) electrons. The fourth-order valence-corrected chi connectivity index (χ4v) is 1.57. The van der Waals surface area contributed by atoms with Crippen molar-refractivity contribution in [3.05, 3.63) is 41.2 Å². The molecule has 0 aliphatic rings. The third kappa shape index (κ3) is 3.37. The standard InChI is InChI=1S/C12H13N3O5/c1-7-10(11(16)17)4-9(19-7)6-14-12(18)13-5-8-2-3-15-20-8/h2-4H,5-6H2,1H3,(H,16,17)(H2,13,14,18). The number of furan rings is 1. The molecule has 20 heavy (non-hydrogen) atoms. The van der Waals surface area contributed by atoms with Crippen LogP contribution in [0.15, 0.2) is 27.3 Å². The number of carbonyl (C=O) groups is 2. The lowest BCUT2D eigenvalue weighted by atomic mass is 10.2. The molecule has 2 aromatic rings. The van der Waals surface area contributed by atoms with Crippen LogP contribution >= 0.6 is 0 Å². The van der Waals surface area contributed by atoms with Gasteiger partial charge in [0.2, 0.25) is 0 Å². The molecule has 0 fully saturated rings. The van der Waals surface area contributed by atoms with Crippen molar-refractivity contribution in [2.45, 2.75) is 20.0 Å². The summed E-state index contributed by atoms with van der Waals surface area (Å²) in [5.41, 5.74) is 0.0869. The van der Waals surface area contributed by atoms with Crippen LogP contribution in [-0.2, 0) is 13.1 Å². The molecular formula is C12H13N3O5. The van der Waals surface area contributed by atoms with E-state index in [-0.39, 0.29) is 18.7 Å². The van der Waals surface area contributed by atoms with E-state index < -0.39 is 12.0 Å². The summed E-state index contributed by atoms with van der Waals surface area (Å²) in [5, 5.41) is 17.5. The first-order valence-corrected chi connectivity index (χ1v) is 5.80. The van der Waals surface area contributed by atoms with Gasteiger partial charge in [-0.25, -0.2) is 9.59 Å². The number of carbonyl (C=O) groups excluding carboxylic acids is 1. The number of nitrogens with one attached hydrogen (secondary N) is 2. The Bertz CT molecular complexity index is 603. The van der Waals surface area contributed by atoms with Crippen LogP contribution < -0.4 is 10.6 Å². The second-order valence-corrected chi connectivity index (χ2v) is 4.00. The molecule has 2 heterocycles. The second-order valence-electron chi connectivity index (χ2n) is 4.00. The summed E-state index contributed by atoms with van der Waals surface area (Å²) < 4.78 is 10.0. The van der Waals surface area contributed by atoms with Crippen molar-refractivity contribution in [2.24, 2.45) is 0 Å². The van der Waals surface area contributed by atoms with Gasteiger partial charge in [0, 0.05) is 6.07 Å². The van der Waals surface area contributed by atoms with Gasteiger partial charge in [0.15, 0.2) is 5.76 Å². The number of aromatic nitrogens is 1. The van der Waals surface area contributed by atoms with Gasteiger partial charge in [-0.05, 0) is 13.0 Å². The first-order chi connectivity index (χ1) is 9.56. The number of aryl methyl sites for hydroxylation is 1. The molecular weight excluding hydrogens is 266 g/mol. The predicted molar refractivity (Wildman–Crippen MR) is 66.0 cm³/mol. The van der Waals surface area contributed by atoms with E-state index >= 15 is 0 Å². The van der Waals surface area contributed by atoms with E-state index in [9.17, 15) is 9.59 Å². The molecule has 0 unspecified atom stereocenters. The summed E-state index contributed by atoms with van der Waals surface area (Å²) in [5.74, 6) is 0.139. The highest BCUT2D eigenvalue weighted by Gasteiger charge is 2.14. The summed E-state index contributed by atoms with van der Waals surface area (Å²) in [6, 6.07) is 2.59. The quantitative estimate of drug-likeness (QED) is 0.758. The number of nitrogens with zero attached hydrogens (tertiary/aromatic N) is 1. The Labute approximate surface area is 113 Å². The molecule has 0 saturated heterocycles. The lowest BCUT2D eigenvalue weighted by molar-refractivity contribution is 0.0695. The van der Waals surface area contributed by atoms with Crippen molar-refractivity contribution in [3.63, 3.8) is 0 Å². The molecule has 0 atom stereocenters. The highest BCUT2D eigenvalue weighted by atomic mass is 16.5. The third-order valence-electron chi connectivity index (χ3n) is 2.54. The zero-order valence-electron chi connectivity index (χ0n) is 10.7. The number of rotatable bonds is 5. The minimum absolute atomic E-state index is 0.0869. The lowest BCUT2D eigenvalue weighted by Crippen LogP contribution is -2.34. The van der Waals surface area contributed by atoms with Crippen LogP contribution in [0.5, 0.6) is 0 Å². The van der Waals surface area contributed by atoms with Gasteiger partial charge in [-0.3, -0.25) is 0 Å². The monoisotopic (exact) mass is 279 g/mol. The molecule has 8 nitrogen and oxygen atoms in total. The van der Waals surface area contributed by atoms with Gasteiger partial charge in [0.1, 0.15) is 17.1 Å². The van der Waals surface area contributed by atoms with E-state index in [1.54, 1.807) is 13.0 Å². The molecule has 0 aliphatic heterocycles. The molecule has 8 heteroatoms. The Kier molecular flexibility index (Phi) is 4.04. The van der Waals surface area contributed by atoms with Crippen LogP contribution in [-0.4, -0.2) is 22.3 Å². The third-order valence-corrected chi connectivity index (χ3v) is 2.54. The lowest BCUT2D eigenvalue weighted by Gasteiger charge is -2.04. The van der Waals surface area contributed by atoms with E-state index in [0.717, 1.165) is 0 Å². The number of aromatic carboxylic acids is 1. The van der Waals surface area contributed by atoms with Crippen LogP contribution in [0.3, 0.4) is 0 Å². The Hall–Kier alpha value is -2.77. The number of carboxylic acids is 1. The van der Waals surface area contributed by atoms with E-state index in [0.29, 0.717) is 17.3 Å². The molecule has 2 rings (SSSR count). The first kappa shape index (κ1) is 13.7. The van der Waals surface area contributed by atoms with Crippen LogP contribution in [0.25, 0.3) is 0 Å². The molecule has 3 N–H and O–H groups in total. The van der Waals surface area contributed by atoms with E-state index in [4.69, 9.17) is 14.0 Å². The number of hydrogen-bond acceptors (Lipinski definition) is 5. The molecule has 0 aromatic carbocycles. The normalized spacial score (nSPS) is 10.2. The second kappa shape index (κ2) is 5.91. The summed E-state index contributed by atoms with van der Waals surface area (Å²) in [6.07, 6.45) is 1.48. The van der Waals surface area contributed by atoms with Gasteiger partial charge in [-0.2, -0.15) is 0 Å². The van der Waals surface area contributed by atoms with Crippen molar-refractivity contribution < 1.29 is 23.6 Å². The fourth-order valence-electron chi connectivity index (χ4n) is 1.57. The van der Waals surface area contributed by atoms with Crippen molar-refractivity contribution in [2.75, 3.05) is 0 Å². The average molecular weight is 279 g/mol. The highest BCUT2D eigenvalue weighted by molar-refractivity contribution is 5.88.